The molecule has 0 saturated carbocycles. The Morgan fingerprint density at radius 3 is 2.29 bits per heavy atom. The Bertz CT molecular complexity index is 901. The third-order valence-electron chi connectivity index (χ3n) is 8.68. The number of hydrogen-bond acceptors (Lipinski definition) is 7. The van der Waals surface area contributed by atoms with E-state index < -0.39 is 12.1 Å². The van der Waals surface area contributed by atoms with E-state index in [2.05, 4.69) is 63.9 Å². The lowest BCUT2D eigenvalue weighted by atomic mass is 9.80. The largest absolute Gasteiger partial charge is 0.493 e. The summed E-state index contributed by atoms with van der Waals surface area (Å²) in [4.78, 5) is 15.8. The number of hydrogen-bond donors (Lipinski definition) is 3. The van der Waals surface area contributed by atoms with Crippen LogP contribution in [0.15, 0.2) is 18.2 Å². The highest BCUT2D eigenvalue weighted by atomic mass is 16.5. The van der Waals surface area contributed by atoms with Crippen LogP contribution in [0.3, 0.4) is 0 Å². The maximum absolute atomic E-state index is 13.3. The lowest BCUT2D eigenvalue weighted by Crippen LogP contribution is -2.48. The van der Waals surface area contributed by atoms with Crippen LogP contribution in [0.2, 0.25) is 0 Å². The Morgan fingerprint density at radius 1 is 1.02 bits per heavy atom. The van der Waals surface area contributed by atoms with Crippen molar-refractivity contribution < 1.29 is 24.1 Å². The third kappa shape index (κ3) is 12.4. The molecule has 0 aromatic heterocycles. The van der Waals surface area contributed by atoms with E-state index in [1.165, 1.54) is 0 Å². The van der Waals surface area contributed by atoms with Crippen LogP contribution >= 0.6 is 0 Å². The molecule has 0 unspecified atom stereocenters. The quantitative estimate of drug-likeness (QED) is 0.197. The molecule has 0 spiro atoms. The van der Waals surface area contributed by atoms with E-state index in [0.29, 0.717) is 43.6 Å². The van der Waals surface area contributed by atoms with E-state index in [-0.39, 0.29) is 29.7 Å². The van der Waals surface area contributed by atoms with Crippen molar-refractivity contribution in [1.82, 2.24) is 10.2 Å². The predicted molar refractivity (Wildman–Crippen MR) is 171 cm³/mol. The normalized spacial score (nSPS) is 17.8. The highest BCUT2D eigenvalue weighted by molar-refractivity contribution is 5.79. The average Bonchev–Trinajstić information content (AvgIpc) is 2.94. The molecule has 0 bridgehead atoms. The van der Waals surface area contributed by atoms with Crippen LogP contribution in [0.1, 0.15) is 79.2 Å². The third-order valence-corrected chi connectivity index (χ3v) is 8.68. The summed E-state index contributed by atoms with van der Waals surface area (Å²) in [7, 11) is 3.33. The van der Waals surface area contributed by atoms with Gasteiger partial charge in [0.2, 0.25) is 5.91 Å². The van der Waals surface area contributed by atoms with Crippen molar-refractivity contribution in [1.29, 1.82) is 0 Å². The molecule has 1 aliphatic rings. The van der Waals surface area contributed by atoms with Gasteiger partial charge in [-0.15, -0.1) is 0 Å². The SMILES string of the molecule is COCCCOc1cc(C[C@@H](C[C@H](N)[C@@H](O)C[C@H](C(=O)NC2CCN(CC(C)C)CC2)C(C)C)C(C)C)ccc1OC. The summed E-state index contributed by atoms with van der Waals surface area (Å²) in [6.07, 6.45) is 3.89. The molecule has 0 aliphatic carbocycles. The molecule has 4 N–H and O–H groups in total. The molecule has 1 heterocycles. The first kappa shape index (κ1) is 36.3. The Kier molecular flexibility index (Phi) is 16.2. The molecule has 1 amide bonds. The number of methoxy groups -OCH3 is 2. The number of nitrogens with one attached hydrogen (secondary N) is 1. The lowest BCUT2D eigenvalue weighted by molar-refractivity contribution is -0.128. The summed E-state index contributed by atoms with van der Waals surface area (Å²) in [6.45, 7) is 17.4. The highest BCUT2D eigenvalue weighted by Gasteiger charge is 2.31. The van der Waals surface area contributed by atoms with Crippen molar-refractivity contribution in [3.05, 3.63) is 23.8 Å². The number of nitrogens with zero attached hydrogens (tertiary/aromatic N) is 1. The summed E-state index contributed by atoms with van der Waals surface area (Å²) in [5.41, 5.74) is 7.77. The zero-order valence-corrected chi connectivity index (χ0v) is 27.7. The summed E-state index contributed by atoms with van der Waals surface area (Å²) in [5, 5.41) is 14.5. The van der Waals surface area contributed by atoms with Crippen LogP contribution in [-0.2, 0) is 16.0 Å². The maximum Gasteiger partial charge on any atom is 0.223 e. The number of aliphatic hydroxyl groups is 1. The summed E-state index contributed by atoms with van der Waals surface area (Å²) < 4.78 is 16.6. The molecule has 1 aromatic rings. The van der Waals surface area contributed by atoms with Crippen LogP contribution in [0.5, 0.6) is 11.5 Å². The second kappa shape index (κ2) is 18.7. The van der Waals surface area contributed by atoms with E-state index in [0.717, 1.165) is 56.6 Å². The van der Waals surface area contributed by atoms with Gasteiger partial charge >= 0.3 is 0 Å². The van der Waals surface area contributed by atoms with Gasteiger partial charge in [-0.25, -0.2) is 0 Å². The van der Waals surface area contributed by atoms with Crippen LogP contribution in [-0.4, -0.2) is 81.2 Å². The molecule has 1 aromatic carbocycles. The van der Waals surface area contributed by atoms with Crippen LogP contribution < -0.4 is 20.5 Å². The van der Waals surface area contributed by atoms with E-state index in [9.17, 15) is 9.90 Å². The van der Waals surface area contributed by atoms with Crippen LogP contribution in [0, 0.1) is 29.6 Å². The highest BCUT2D eigenvalue weighted by Crippen LogP contribution is 2.32. The molecule has 8 heteroatoms. The Hall–Kier alpha value is -1.87. The monoisotopic (exact) mass is 591 g/mol. The van der Waals surface area contributed by atoms with Gasteiger partial charge in [0.15, 0.2) is 11.5 Å². The van der Waals surface area contributed by atoms with E-state index in [1.54, 1.807) is 14.2 Å². The number of ether oxygens (including phenoxy) is 3. The van der Waals surface area contributed by atoms with Crippen molar-refractivity contribution in [2.75, 3.05) is 47.1 Å². The van der Waals surface area contributed by atoms with Crippen molar-refractivity contribution in [3.8, 4) is 11.5 Å². The molecule has 2 rings (SSSR count). The second-order valence-corrected chi connectivity index (χ2v) is 13.4. The van der Waals surface area contributed by atoms with E-state index >= 15 is 0 Å². The first-order valence-electron chi connectivity index (χ1n) is 16.2. The molecule has 8 nitrogen and oxygen atoms in total. The number of piperidine rings is 1. The minimum atomic E-state index is -0.743. The Labute approximate surface area is 256 Å². The van der Waals surface area contributed by atoms with Gasteiger partial charge in [-0.1, -0.05) is 47.6 Å². The molecular weight excluding hydrogens is 530 g/mol. The van der Waals surface area contributed by atoms with Gasteiger partial charge in [0.1, 0.15) is 0 Å². The Balaban J connectivity index is 1.96. The molecule has 0 radical (unpaired) electrons. The molecular formula is C34H61N3O5. The molecule has 42 heavy (non-hydrogen) atoms. The summed E-state index contributed by atoms with van der Waals surface area (Å²) in [6, 6.07) is 5.87. The molecule has 242 valence electrons. The number of nitrogens with two attached hydrogens (primary N) is 1. The van der Waals surface area contributed by atoms with Gasteiger partial charge < -0.3 is 35.3 Å². The van der Waals surface area contributed by atoms with Crippen LogP contribution in [0.4, 0.5) is 0 Å². The molecule has 1 saturated heterocycles. The summed E-state index contributed by atoms with van der Waals surface area (Å²) in [5.74, 6) is 2.65. The van der Waals surface area contributed by atoms with Crippen molar-refractivity contribution in [2.24, 2.45) is 35.3 Å². The topological polar surface area (TPSA) is 106 Å². The van der Waals surface area contributed by atoms with Crippen LogP contribution in [0.25, 0.3) is 0 Å². The minimum Gasteiger partial charge on any atom is -0.493 e. The van der Waals surface area contributed by atoms with Gasteiger partial charge in [0.05, 0.1) is 19.8 Å². The van der Waals surface area contributed by atoms with E-state index in [1.807, 2.05) is 6.07 Å². The fourth-order valence-electron chi connectivity index (χ4n) is 5.95. The number of amides is 1. The second-order valence-electron chi connectivity index (χ2n) is 13.4. The number of benzene rings is 1. The summed E-state index contributed by atoms with van der Waals surface area (Å²) >= 11 is 0. The van der Waals surface area contributed by atoms with Crippen molar-refractivity contribution >= 4 is 5.91 Å². The lowest BCUT2D eigenvalue weighted by Gasteiger charge is -2.35. The number of aliphatic hydroxyl groups excluding tert-OH is 1. The van der Waals surface area contributed by atoms with Gasteiger partial charge in [-0.05, 0) is 73.5 Å². The Morgan fingerprint density at radius 2 is 1.71 bits per heavy atom. The number of carbonyl (C=O) groups is 1. The fourth-order valence-corrected chi connectivity index (χ4v) is 5.95. The predicted octanol–water partition coefficient (Wildman–Crippen LogP) is 4.90. The number of likely N-dealkylation sites (tertiary alicyclic amines) is 1. The smallest absolute Gasteiger partial charge is 0.223 e. The zero-order chi connectivity index (χ0) is 31.2. The standard InChI is InChI=1S/C34H61N3O5/c1-23(2)22-37-14-12-28(13-15-37)36-34(39)29(25(5)6)21-31(38)30(35)20-27(24(3)4)18-26-10-11-32(41-8)33(19-26)42-17-9-16-40-7/h10-11,19,23-25,27-31,38H,9,12-18,20-22,35H2,1-8H3,(H,36,39)/t27-,29-,30-,31-/m0/s1. The fraction of sp³-hybridized carbons (Fsp3) is 0.794. The maximum atomic E-state index is 13.3. The average molecular weight is 592 g/mol. The minimum absolute atomic E-state index is 0.0511. The molecule has 1 aliphatic heterocycles. The van der Waals surface area contributed by atoms with Crippen molar-refractivity contribution in [3.63, 3.8) is 0 Å². The van der Waals surface area contributed by atoms with Gasteiger partial charge in [0, 0.05) is 57.8 Å². The van der Waals surface area contributed by atoms with Crippen molar-refractivity contribution in [2.45, 2.75) is 98.3 Å². The number of rotatable bonds is 19. The molecule has 4 atom stereocenters. The van der Waals surface area contributed by atoms with Gasteiger partial charge in [-0.2, -0.15) is 0 Å². The number of carbonyl (C=O) groups excluding carboxylic acids is 1. The first-order chi connectivity index (χ1) is 19.9. The van der Waals surface area contributed by atoms with E-state index in [4.69, 9.17) is 19.9 Å². The zero-order valence-electron chi connectivity index (χ0n) is 27.7. The first-order valence-corrected chi connectivity index (χ1v) is 16.2. The van der Waals surface area contributed by atoms with Gasteiger partial charge in [0.25, 0.3) is 0 Å². The van der Waals surface area contributed by atoms with Gasteiger partial charge in [-0.3, -0.25) is 4.79 Å². The molecule has 1 fully saturated rings.